The van der Waals surface area contributed by atoms with Crippen LogP contribution in [0.15, 0.2) is 85.1 Å². The molecule has 6 aromatic rings. The smallest absolute Gasteiger partial charge is 0.230 e. The lowest BCUT2D eigenvalue weighted by Crippen LogP contribution is -2.14. The number of aromatic nitrogens is 4. The third-order valence-electron chi connectivity index (χ3n) is 6.23. The average molecular weight is 502 g/mol. The van der Waals surface area contributed by atoms with Crippen LogP contribution in [0.4, 0.5) is 5.13 Å². The van der Waals surface area contributed by atoms with Crippen molar-refractivity contribution in [3.63, 3.8) is 0 Å². The number of fused-ring (bicyclic) bond motifs is 2. The Morgan fingerprint density at radius 2 is 1.84 bits per heavy atom. The second-order valence-electron chi connectivity index (χ2n) is 8.75. The highest BCUT2D eigenvalue weighted by Crippen LogP contribution is 2.35. The van der Waals surface area contributed by atoms with Crippen molar-refractivity contribution < 1.29 is 4.79 Å². The van der Waals surface area contributed by atoms with Gasteiger partial charge in [0, 0.05) is 11.6 Å². The number of nitrogens with zero attached hydrogens (tertiary/aromatic N) is 3. The molecule has 0 unspecified atom stereocenters. The highest BCUT2D eigenvalue weighted by molar-refractivity contribution is 7.19. The number of aromatic amines is 1. The summed E-state index contributed by atoms with van der Waals surface area (Å²) in [6.07, 6.45) is 5.98. The summed E-state index contributed by atoms with van der Waals surface area (Å²) >= 11 is 1.48. The molecular weight excluding hydrogens is 478 g/mol. The van der Waals surface area contributed by atoms with Crippen LogP contribution in [0, 0.1) is 6.92 Å². The molecule has 7 heteroatoms. The van der Waals surface area contributed by atoms with E-state index in [1.165, 1.54) is 11.3 Å². The van der Waals surface area contributed by atoms with E-state index in [4.69, 9.17) is 0 Å². The third kappa shape index (κ3) is 4.77. The molecule has 0 saturated carbocycles. The number of hydrogen-bond acceptors (Lipinski definition) is 5. The van der Waals surface area contributed by atoms with Crippen molar-refractivity contribution in [2.24, 2.45) is 0 Å². The second-order valence-corrected chi connectivity index (χ2v) is 9.75. The summed E-state index contributed by atoms with van der Waals surface area (Å²) in [6, 6.07) is 26.2. The predicted molar refractivity (Wildman–Crippen MR) is 151 cm³/mol. The molecule has 2 N–H and O–H groups in total. The highest BCUT2D eigenvalue weighted by atomic mass is 32.1. The Morgan fingerprint density at radius 3 is 2.73 bits per heavy atom. The summed E-state index contributed by atoms with van der Waals surface area (Å²) < 4.78 is 0. The number of pyridine rings is 1. The zero-order valence-electron chi connectivity index (χ0n) is 20.1. The maximum absolute atomic E-state index is 12.9. The van der Waals surface area contributed by atoms with Gasteiger partial charge in [0.05, 0.1) is 33.9 Å². The summed E-state index contributed by atoms with van der Waals surface area (Å²) in [5.41, 5.74) is 5.58. The first kappa shape index (κ1) is 22.8. The number of nitrogens with one attached hydrogen (secondary N) is 2. The summed E-state index contributed by atoms with van der Waals surface area (Å²) in [7, 11) is 0. The van der Waals surface area contributed by atoms with Crippen molar-refractivity contribution in [3.05, 3.63) is 108 Å². The fourth-order valence-corrected chi connectivity index (χ4v) is 5.43. The van der Waals surface area contributed by atoms with E-state index in [2.05, 4.69) is 61.9 Å². The van der Waals surface area contributed by atoms with Crippen molar-refractivity contribution in [2.75, 3.05) is 5.32 Å². The molecule has 6 nitrogen and oxygen atoms in total. The van der Waals surface area contributed by atoms with Gasteiger partial charge in [0.2, 0.25) is 5.91 Å². The van der Waals surface area contributed by atoms with Gasteiger partial charge in [-0.3, -0.25) is 14.9 Å². The Kier molecular flexibility index (Phi) is 6.04. The van der Waals surface area contributed by atoms with Crippen LogP contribution in [0.3, 0.4) is 0 Å². The van der Waals surface area contributed by atoms with E-state index >= 15 is 0 Å². The van der Waals surface area contributed by atoms with Crippen LogP contribution in [-0.4, -0.2) is 26.1 Å². The van der Waals surface area contributed by atoms with Gasteiger partial charge < -0.3 is 5.32 Å². The maximum Gasteiger partial charge on any atom is 0.230 e. The molecule has 0 bridgehead atoms. The lowest BCUT2D eigenvalue weighted by atomic mass is 10.0. The second kappa shape index (κ2) is 9.79. The Hall–Kier alpha value is -4.62. The molecule has 3 heterocycles. The fraction of sp³-hybridized carbons (Fsp3) is 0.0667. The van der Waals surface area contributed by atoms with Gasteiger partial charge in [-0.05, 0) is 65.2 Å². The summed E-state index contributed by atoms with van der Waals surface area (Å²) in [5, 5.41) is 14.4. The number of amides is 1. The Bertz CT molecular complexity index is 1760. The number of carbonyl (C=O) groups excluding carboxylic acids is 1. The minimum absolute atomic E-state index is 0.0787. The van der Waals surface area contributed by atoms with Gasteiger partial charge in [-0.2, -0.15) is 5.10 Å². The zero-order chi connectivity index (χ0) is 25.2. The fourth-order valence-electron chi connectivity index (χ4n) is 4.45. The number of aryl methyl sites for hydroxylation is 1. The number of H-pyrrole nitrogens is 1. The number of anilines is 1. The van der Waals surface area contributed by atoms with Crippen LogP contribution in [0.5, 0.6) is 0 Å². The van der Waals surface area contributed by atoms with Crippen LogP contribution >= 0.6 is 11.3 Å². The van der Waals surface area contributed by atoms with Crippen LogP contribution < -0.4 is 5.32 Å². The first-order valence-electron chi connectivity index (χ1n) is 12.0. The van der Waals surface area contributed by atoms with E-state index in [0.29, 0.717) is 11.6 Å². The molecule has 180 valence electrons. The zero-order valence-corrected chi connectivity index (χ0v) is 20.9. The summed E-state index contributed by atoms with van der Waals surface area (Å²) in [6.45, 7) is 1.96. The molecule has 0 atom stereocenters. The molecule has 0 aliphatic heterocycles. The van der Waals surface area contributed by atoms with Crippen LogP contribution in [0.1, 0.15) is 22.6 Å². The topological polar surface area (TPSA) is 83.6 Å². The molecular formula is C30H23N5OS. The first-order valence-corrected chi connectivity index (χ1v) is 12.8. The van der Waals surface area contributed by atoms with Gasteiger partial charge in [0.1, 0.15) is 0 Å². The monoisotopic (exact) mass is 501 g/mol. The molecule has 0 spiro atoms. The molecule has 6 rings (SSSR count). The molecule has 3 aromatic carbocycles. The van der Waals surface area contributed by atoms with Crippen LogP contribution in [0.2, 0.25) is 0 Å². The predicted octanol–water partition coefficient (Wildman–Crippen LogP) is 6.89. The number of thiazole rings is 1. The van der Waals surface area contributed by atoms with E-state index in [-0.39, 0.29) is 5.91 Å². The Balaban J connectivity index is 1.20. The van der Waals surface area contributed by atoms with Crippen molar-refractivity contribution in [3.8, 4) is 10.4 Å². The van der Waals surface area contributed by atoms with Crippen molar-refractivity contribution in [1.29, 1.82) is 0 Å². The number of carbonyl (C=O) groups is 1. The molecule has 1 amide bonds. The van der Waals surface area contributed by atoms with Crippen LogP contribution in [0.25, 0.3) is 44.3 Å². The molecule has 0 radical (unpaired) electrons. The van der Waals surface area contributed by atoms with Crippen molar-refractivity contribution >= 4 is 56.2 Å². The molecule has 0 aliphatic rings. The van der Waals surface area contributed by atoms with Gasteiger partial charge in [-0.15, -0.1) is 0 Å². The normalized spacial score (nSPS) is 11.5. The maximum atomic E-state index is 12.9. The van der Waals surface area contributed by atoms with E-state index < -0.39 is 0 Å². The van der Waals surface area contributed by atoms with E-state index in [1.54, 1.807) is 6.20 Å². The van der Waals surface area contributed by atoms with Gasteiger partial charge >= 0.3 is 0 Å². The van der Waals surface area contributed by atoms with E-state index in [9.17, 15) is 4.79 Å². The van der Waals surface area contributed by atoms with Crippen molar-refractivity contribution in [1.82, 2.24) is 20.2 Å². The van der Waals surface area contributed by atoms with Gasteiger partial charge in [0.25, 0.3) is 0 Å². The average Bonchev–Trinajstić information content (AvgIpc) is 3.50. The molecule has 0 aliphatic carbocycles. The van der Waals surface area contributed by atoms with Gasteiger partial charge in [0.15, 0.2) is 5.13 Å². The minimum Gasteiger partial charge on any atom is -0.302 e. The highest BCUT2D eigenvalue weighted by Gasteiger charge is 2.15. The van der Waals surface area contributed by atoms with E-state index in [0.717, 1.165) is 54.8 Å². The molecule has 37 heavy (non-hydrogen) atoms. The molecule has 3 aromatic heterocycles. The van der Waals surface area contributed by atoms with E-state index in [1.807, 2.05) is 61.5 Å². The quantitative estimate of drug-likeness (QED) is 0.260. The SMILES string of the molecule is Cc1nc(NC(=O)Cc2cccc3ccccc23)sc1-c1ccc2c(C=Cc3ccccn3)n[nH]c2c1. The Labute approximate surface area is 217 Å². The lowest BCUT2D eigenvalue weighted by Gasteiger charge is -2.06. The van der Waals surface area contributed by atoms with Gasteiger partial charge in [-0.25, -0.2) is 4.98 Å². The lowest BCUT2D eigenvalue weighted by molar-refractivity contribution is -0.115. The first-order chi connectivity index (χ1) is 18.1. The molecule has 0 saturated heterocycles. The van der Waals surface area contributed by atoms with Crippen molar-refractivity contribution in [2.45, 2.75) is 13.3 Å². The standard InChI is InChI=1S/C30H23N5OS/c1-19-29(22-12-14-25-26(34-35-27(25)17-22)15-13-23-10-4-5-16-31-23)37-30(32-19)33-28(36)18-21-9-6-8-20-7-2-3-11-24(20)21/h2-17H,18H2,1H3,(H,34,35)(H,32,33,36). The summed E-state index contributed by atoms with van der Waals surface area (Å²) in [5.74, 6) is -0.0787. The third-order valence-corrected chi connectivity index (χ3v) is 7.35. The number of rotatable bonds is 6. The summed E-state index contributed by atoms with van der Waals surface area (Å²) in [4.78, 5) is 22.8. The van der Waals surface area contributed by atoms with Crippen LogP contribution in [-0.2, 0) is 11.2 Å². The molecule has 0 fully saturated rings. The number of hydrogen-bond donors (Lipinski definition) is 2. The Morgan fingerprint density at radius 1 is 0.973 bits per heavy atom. The number of benzene rings is 3. The largest absolute Gasteiger partial charge is 0.302 e. The minimum atomic E-state index is -0.0787. The van der Waals surface area contributed by atoms with Gasteiger partial charge in [-0.1, -0.05) is 65.9 Å².